The van der Waals surface area contributed by atoms with Crippen LogP contribution in [0.3, 0.4) is 0 Å². The molecule has 0 bridgehead atoms. The van der Waals surface area contributed by atoms with Crippen LogP contribution in [0.4, 0.5) is 0 Å². The molecule has 1 nitrogen and oxygen atoms in total. The molecule has 1 N–H and O–H groups in total. The monoisotopic (exact) mass is 257 g/mol. The van der Waals surface area contributed by atoms with Gasteiger partial charge in [-0.05, 0) is 35.4 Å². The molecule has 0 amide bonds. The lowest BCUT2D eigenvalue weighted by Gasteiger charge is -2.23. The molecule has 1 aromatic rings. The van der Waals surface area contributed by atoms with Gasteiger partial charge in [-0.1, -0.05) is 27.7 Å². The molecule has 1 heterocycles. The Bertz CT molecular complexity index is 275. The first kappa shape index (κ1) is 14.1. The van der Waals surface area contributed by atoms with E-state index in [9.17, 15) is 0 Å². The number of thiophene rings is 1. The largest absolute Gasteiger partial charge is 0.313 e. The molecule has 0 aromatic carbocycles. The van der Waals surface area contributed by atoms with Crippen molar-refractivity contribution < 1.29 is 0 Å². The van der Waals surface area contributed by atoms with Crippen LogP contribution in [-0.4, -0.2) is 23.1 Å². The van der Waals surface area contributed by atoms with Crippen LogP contribution in [0.1, 0.15) is 33.3 Å². The summed E-state index contributed by atoms with van der Waals surface area (Å²) in [6.45, 7) is 10.1. The van der Waals surface area contributed by atoms with Gasteiger partial charge in [-0.3, -0.25) is 0 Å². The van der Waals surface area contributed by atoms with E-state index in [1.165, 1.54) is 11.3 Å². The van der Waals surface area contributed by atoms with Crippen molar-refractivity contribution in [3.05, 3.63) is 22.4 Å². The predicted molar refractivity (Wildman–Crippen MR) is 77.7 cm³/mol. The summed E-state index contributed by atoms with van der Waals surface area (Å²) in [6.07, 6.45) is 1.15. The Morgan fingerprint density at radius 1 is 1.44 bits per heavy atom. The first-order chi connectivity index (χ1) is 7.51. The van der Waals surface area contributed by atoms with Crippen molar-refractivity contribution in [1.29, 1.82) is 0 Å². The second-order valence-corrected chi connectivity index (χ2v) is 7.64. The van der Waals surface area contributed by atoms with Crippen LogP contribution in [0, 0.1) is 0 Å². The molecular formula is C13H23NS2. The number of hydrogen-bond acceptors (Lipinski definition) is 3. The normalized spacial score (nSPS) is 14.0. The molecule has 3 heteroatoms. The maximum atomic E-state index is 3.58. The van der Waals surface area contributed by atoms with E-state index in [2.05, 4.69) is 49.8 Å². The number of nitrogens with one attached hydrogen (secondary N) is 1. The standard InChI is InChI=1S/C13H23NS2/c1-5-14-12(10-16-13(2,3)4)8-11-6-7-15-9-11/h6-7,9,12,14H,5,8,10H2,1-4H3. The van der Waals surface area contributed by atoms with Crippen LogP contribution in [0.2, 0.25) is 0 Å². The fourth-order valence-electron chi connectivity index (χ4n) is 1.52. The third-order valence-electron chi connectivity index (χ3n) is 2.27. The van der Waals surface area contributed by atoms with Crippen LogP contribution in [-0.2, 0) is 6.42 Å². The van der Waals surface area contributed by atoms with Gasteiger partial charge < -0.3 is 5.32 Å². The van der Waals surface area contributed by atoms with Crippen molar-refractivity contribution >= 4 is 23.1 Å². The Balaban J connectivity index is 2.41. The topological polar surface area (TPSA) is 12.0 Å². The Morgan fingerprint density at radius 3 is 2.69 bits per heavy atom. The highest BCUT2D eigenvalue weighted by molar-refractivity contribution is 8.00. The summed E-state index contributed by atoms with van der Waals surface area (Å²) in [6, 6.07) is 2.83. The lowest BCUT2D eigenvalue weighted by molar-refractivity contribution is 0.571. The molecule has 1 atom stereocenters. The van der Waals surface area contributed by atoms with Crippen molar-refractivity contribution in [2.45, 2.75) is 44.9 Å². The minimum Gasteiger partial charge on any atom is -0.313 e. The van der Waals surface area contributed by atoms with Gasteiger partial charge in [0.25, 0.3) is 0 Å². The summed E-state index contributed by atoms with van der Waals surface area (Å²) in [5, 5.41) is 8.00. The van der Waals surface area contributed by atoms with Crippen molar-refractivity contribution in [2.24, 2.45) is 0 Å². The van der Waals surface area contributed by atoms with Gasteiger partial charge in [-0.25, -0.2) is 0 Å². The molecular weight excluding hydrogens is 234 g/mol. The zero-order chi connectivity index (χ0) is 12.0. The minimum absolute atomic E-state index is 0.363. The molecule has 1 aromatic heterocycles. The van der Waals surface area contributed by atoms with E-state index in [4.69, 9.17) is 0 Å². The number of hydrogen-bond donors (Lipinski definition) is 1. The molecule has 92 valence electrons. The lowest BCUT2D eigenvalue weighted by atomic mass is 10.1. The summed E-state index contributed by atoms with van der Waals surface area (Å²) in [5.41, 5.74) is 1.46. The average Bonchev–Trinajstić information content (AvgIpc) is 2.66. The van der Waals surface area contributed by atoms with Crippen molar-refractivity contribution in [3.63, 3.8) is 0 Å². The quantitative estimate of drug-likeness (QED) is 0.832. The van der Waals surface area contributed by atoms with Gasteiger partial charge in [0.05, 0.1) is 0 Å². The van der Waals surface area contributed by atoms with Crippen LogP contribution in [0.15, 0.2) is 16.8 Å². The number of likely N-dealkylation sites (N-methyl/N-ethyl adjacent to an activating group) is 1. The molecule has 0 saturated heterocycles. The molecule has 0 aliphatic carbocycles. The zero-order valence-corrected chi connectivity index (χ0v) is 12.4. The average molecular weight is 257 g/mol. The summed E-state index contributed by atoms with van der Waals surface area (Å²) < 4.78 is 0.363. The highest BCUT2D eigenvalue weighted by atomic mass is 32.2. The summed E-state index contributed by atoms with van der Waals surface area (Å²) in [4.78, 5) is 0. The first-order valence-electron chi connectivity index (χ1n) is 5.89. The van der Waals surface area contributed by atoms with E-state index in [1.807, 2.05) is 11.8 Å². The summed E-state index contributed by atoms with van der Waals surface area (Å²) >= 11 is 3.83. The van der Waals surface area contributed by atoms with E-state index in [0.717, 1.165) is 13.0 Å². The Morgan fingerprint density at radius 2 is 2.19 bits per heavy atom. The van der Waals surface area contributed by atoms with Crippen molar-refractivity contribution in [1.82, 2.24) is 5.32 Å². The summed E-state index contributed by atoms with van der Waals surface area (Å²) in [7, 11) is 0. The van der Waals surface area contributed by atoms with E-state index in [0.29, 0.717) is 10.8 Å². The highest BCUT2D eigenvalue weighted by Gasteiger charge is 2.15. The molecule has 0 saturated carbocycles. The van der Waals surface area contributed by atoms with Gasteiger partial charge in [0.15, 0.2) is 0 Å². The van der Waals surface area contributed by atoms with Crippen LogP contribution in [0.5, 0.6) is 0 Å². The third-order valence-corrected chi connectivity index (χ3v) is 4.44. The molecule has 0 aliphatic heterocycles. The summed E-state index contributed by atoms with van der Waals surface area (Å²) in [5.74, 6) is 1.19. The predicted octanol–water partition coefficient (Wildman–Crippen LogP) is 3.80. The second-order valence-electron chi connectivity index (χ2n) is 5.01. The SMILES string of the molecule is CCNC(CSC(C)(C)C)Cc1ccsc1. The van der Waals surface area contributed by atoms with E-state index < -0.39 is 0 Å². The smallest absolute Gasteiger partial charge is 0.0198 e. The molecule has 1 unspecified atom stereocenters. The molecule has 1 rings (SSSR count). The Kier molecular flexibility index (Phi) is 5.87. The van der Waals surface area contributed by atoms with Gasteiger partial charge in [-0.2, -0.15) is 23.1 Å². The Labute approximate surface area is 108 Å². The third kappa shape index (κ3) is 5.92. The van der Waals surface area contributed by atoms with E-state index >= 15 is 0 Å². The number of thioether (sulfide) groups is 1. The molecule has 16 heavy (non-hydrogen) atoms. The van der Waals surface area contributed by atoms with Gasteiger partial charge >= 0.3 is 0 Å². The van der Waals surface area contributed by atoms with Gasteiger partial charge in [0.2, 0.25) is 0 Å². The van der Waals surface area contributed by atoms with E-state index in [1.54, 1.807) is 11.3 Å². The van der Waals surface area contributed by atoms with Gasteiger partial charge in [0, 0.05) is 16.5 Å². The van der Waals surface area contributed by atoms with Gasteiger partial charge in [-0.15, -0.1) is 0 Å². The molecule has 0 spiro atoms. The van der Waals surface area contributed by atoms with Crippen LogP contribution >= 0.6 is 23.1 Å². The highest BCUT2D eigenvalue weighted by Crippen LogP contribution is 2.24. The van der Waals surface area contributed by atoms with Gasteiger partial charge in [0.1, 0.15) is 0 Å². The Hall–Kier alpha value is 0.01000. The van der Waals surface area contributed by atoms with E-state index in [-0.39, 0.29) is 0 Å². The first-order valence-corrected chi connectivity index (χ1v) is 7.82. The van der Waals surface area contributed by atoms with Crippen LogP contribution < -0.4 is 5.32 Å². The fraction of sp³-hybridized carbons (Fsp3) is 0.692. The van der Waals surface area contributed by atoms with Crippen molar-refractivity contribution in [2.75, 3.05) is 12.3 Å². The molecule has 0 radical (unpaired) electrons. The van der Waals surface area contributed by atoms with Crippen LogP contribution in [0.25, 0.3) is 0 Å². The van der Waals surface area contributed by atoms with Crippen molar-refractivity contribution in [3.8, 4) is 0 Å². The maximum Gasteiger partial charge on any atom is 0.0198 e. The molecule has 0 aliphatic rings. The minimum atomic E-state index is 0.363. The zero-order valence-electron chi connectivity index (χ0n) is 10.7. The fourth-order valence-corrected chi connectivity index (χ4v) is 3.14. The maximum absolute atomic E-state index is 3.58. The second kappa shape index (κ2) is 6.67. The lowest BCUT2D eigenvalue weighted by Crippen LogP contribution is -2.34. The number of rotatable bonds is 6. The molecule has 0 fully saturated rings.